The van der Waals surface area contributed by atoms with Gasteiger partial charge in [-0.3, -0.25) is 13.6 Å². The summed E-state index contributed by atoms with van der Waals surface area (Å²) in [6.45, 7) is 7.99. The number of alkyl halides is 1. The standard InChI is InChI=1S/C18H28FN6O5PS2/c1-17(2,3)33-32-7-6-22-31(26)28-8-10-12(30-31)18(4,19)15(29-10)25-9-21-11-13(25)23-16(20)24-14(11)27-5/h9-10,12,15H,6-8H2,1-5H3,(H,22,26)(H2,20,23,24)/t10-,12-,15-,18-,31+/m1/s1. The summed E-state index contributed by atoms with van der Waals surface area (Å²) < 4.78 is 52.9. The highest BCUT2D eigenvalue weighted by molar-refractivity contribution is 8.77. The Bertz CT molecular complexity index is 1070. The molecular weight excluding hydrogens is 494 g/mol. The Kier molecular flexibility index (Phi) is 6.91. The Balaban J connectivity index is 1.48. The molecule has 15 heteroatoms. The van der Waals surface area contributed by atoms with Crippen LogP contribution in [0.4, 0.5) is 10.3 Å². The number of aromatic nitrogens is 4. The zero-order valence-electron chi connectivity index (χ0n) is 19.0. The average Bonchev–Trinajstić information content (AvgIpc) is 3.24. The predicted molar refractivity (Wildman–Crippen MR) is 126 cm³/mol. The van der Waals surface area contributed by atoms with E-state index in [-0.39, 0.29) is 28.8 Å². The van der Waals surface area contributed by atoms with Gasteiger partial charge in [-0.2, -0.15) is 9.97 Å². The molecule has 2 aromatic heterocycles. The summed E-state index contributed by atoms with van der Waals surface area (Å²) in [5.41, 5.74) is 4.27. The predicted octanol–water partition coefficient (Wildman–Crippen LogP) is 3.34. The van der Waals surface area contributed by atoms with E-state index in [0.29, 0.717) is 17.8 Å². The number of nitrogens with two attached hydrogens (primary N) is 1. The molecule has 5 atom stereocenters. The Labute approximate surface area is 199 Å². The minimum atomic E-state index is -3.70. The number of ether oxygens (including phenoxy) is 2. The van der Waals surface area contributed by atoms with Gasteiger partial charge in [0.05, 0.1) is 20.0 Å². The SMILES string of the molecule is COc1nc(N)nc2c1ncn2[C@@H]1O[C@@H]2CO[P@@](=O)(NCCSSC(C)(C)C)O[C@H]2[C@@]1(C)F. The normalized spacial score (nSPS) is 32.2. The summed E-state index contributed by atoms with van der Waals surface area (Å²) in [4.78, 5) is 12.4. The van der Waals surface area contributed by atoms with Crippen LogP contribution in [0.25, 0.3) is 11.2 Å². The van der Waals surface area contributed by atoms with Crippen molar-refractivity contribution < 1.29 is 27.5 Å². The maximum absolute atomic E-state index is 16.1. The van der Waals surface area contributed by atoms with Crippen molar-refractivity contribution in [3.05, 3.63) is 6.33 Å². The first kappa shape index (κ1) is 25.0. The van der Waals surface area contributed by atoms with Crippen LogP contribution in [0.3, 0.4) is 0 Å². The van der Waals surface area contributed by atoms with E-state index in [0.717, 1.165) is 0 Å². The second kappa shape index (κ2) is 9.14. The van der Waals surface area contributed by atoms with Crippen molar-refractivity contribution in [3.63, 3.8) is 0 Å². The van der Waals surface area contributed by atoms with Gasteiger partial charge in [-0.1, -0.05) is 42.4 Å². The molecule has 0 aromatic carbocycles. The average molecular weight is 523 g/mol. The van der Waals surface area contributed by atoms with Crippen molar-refractivity contribution in [3.8, 4) is 5.88 Å². The van der Waals surface area contributed by atoms with Crippen LogP contribution in [0.5, 0.6) is 5.88 Å². The van der Waals surface area contributed by atoms with Crippen LogP contribution < -0.4 is 15.6 Å². The van der Waals surface area contributed by atoms with Gasteiger partial charge in [0.1, 0.15) is 12.2 Å². The Morgan fingerprint density at radius 3 is 2.91 bits per heavy atom. The number of anilines is 1. The summed E-state index contributed by atoms with van der Waals surface area (Å²) >= 11 is 0. The number of nitrogens with zero attached hydrogens (tertiary/aromatic N) is 4. The molecule has 0 amide bonds. The van der Waals surface area contributed by atoms with Crippen molar-refractivity contribution in [2.45, 2.75) is 56.5 Å². The van der Waals surface area contributed by atoms with Crippen LogP contribution in [0.15, 0.2) is 6.33 Å². The van der Waals surface area contributed by atoms with Crippen LogP contribution in [-0.2, 0) is 18.3 Å². The molecule has 3 N–H and O–H groups in total. The first-order valence-electron chi connectivity index (χ1n) is 10.3. The van der Waals surface area contributed by atoms with E-state index in [9.17, 15) is 4.57 Å². The zero-order chi connectivity index (χ0) is 24.0. The van der Waals surface area contributed by atoms with E-state index in [1.807, 2.05) is 0 Å². The maximum Gasteiger partial charge on any atom is 0.406 e. The van der Waals surface area contributed by atoms with E-state index in [1.165, 1.54) is 24.9 Å². The van der Waals surface area contributed by atoms with Crippen molar-refractivity contribution in [1.29, 1.82) is 0 Å². The number of methoxy groups -OCH3 is 1. The number of hydrogen-bond donors (Lipinski definition) is 2. The summed E-state index contributed by atoms with van der Waals surface area (Å²) in [6.07, 6.45) is -1.67. The minimum absolute atomic E-state index is 0.0483. The smallest absolute Gasteiger partial charge is 0.406 e. The first-order chi connectivity index (χ1) is 15.4. The number of hydrogen-bond acceptors (Lipinski definition) is 11. The Hall–Kier alpha value is -1.15. The van der Waals surface area contributed by atoms with Gasteiger partial charge in [0.2, 0.25) is 11.8 Å². The van der Waals surface area contributed by atoms with Crippen LogP contribution in [0, 0.1) is 0 Å². The summed E-state index contributed by atoms with van der Waals surface area (Å²) in [6, 6.07) is 0. The molecule has 11 nitrogen and oxygen atoms in total. The Morgan fingerprint density at radius 2 is 2.21 bits per heavy atom. The summed E-state index contributed by atoms with van der Waals surface area (Å²) in [7, 11) is 1.10. The highest BCUT2D eigenvalue weighted by Crippen LogP contribution is 2.56. The Morgan fingerprint density at radius 1 is 1.45 bits per heavy atom. The quantitative estimate of drug-likeness (QED) is 0.314. The van der Waals surface area contributed by atoms with Crippen molar-refractivity contribution in [2.24, 2.45) is 0 Å². The van der Waals surface area contributed by atoms with E-state index in [4.69, 9.17) is 24.3 Å². The topological polar surface area (TPSA) is 136 Å². The third-order valence-corrected chi connectivity index (χ3v) is 9.94. The fraction of sp³-hybridized carbons (Fsp3) is 0.722. The van der Waals surface area contributed by atoms with Gasteiger partial charge in [0.25, 0.3) is 0 Å². The van der Waals surface area contributed by atoms with E-state index < -0.39 is 31.9 Å². The zero-order valence-corrected chi connectivity index (χ0v) is 21.5. The molecule has 4 rings (SSSR count). The van der Waals surface area contributed by atoms with Gasteiger partial charge in [0, 0.05) is 17.0 Å². The number of imidazole rings is 1. The molecule has 2 aliphatic rings. The summed E-state index contributed by atoms with van der Waals surface area (Å²) in [5.74, 6) is 0.804. The first-order valence-corrected chi connectivity index (χ1v) is 14.2. The third kappa shape index (κ3) is 5.12. The van der Waals surface area contributed by atoms with Gasteiger partial charge in [-0.05, 0) is 6.92 Å². The van der Waals surface area contributed by atoms with Crippen LogP contribution >= 0.6 is 29.3 Å². The minimum Gasteiger partial charge on any atom is -0.479 e. The van der Waals surface area contributed by atoms with Crippen molar-refractivity contribution in [1.82, 2.24) is 24.6 Å². The highest BCUT2D eigenvalue weighted by Gasteiger charge is 2.61. The number of fused-ring (bicyclic) bond motifs is 2. The lowest BCUT2D eigenvalue weighted by Gasteiger charge is -2.34. The molecule has 0 spiro atoms. The van der Waals surface area contributed by atoms with E-state index >= 15 is 4.39 Å². The number of nitrogen functional groups attached to an aromatic ring is 1. The number of nitrogens with one attached hydrogen (secondary N) is 1. The molecule has 0 saturated carbocycles. The fourth-order valence-corrected chi connectivity index (χ4v) is 7.54. The lowest BCUT2D eigenvalue weighted by Crippen LogP contribution is -2.46. The van der Waals surface area contributed by atoms with Crippen molar-refractivity contribution >= 4 is 46.4 Å². The largest absolute Gasteiger partial charge is 0.479 e. The molecule has 184 valence electrons. The van der Waals surface area contributed by atoms with Crippen LogP contribution in [-0.4, -0.2) is 68.2 Å². The van der Waals surface area contributed by atoms with Crippen LogP contribution in [0.1, 0.15) is 33.9 Å². The molecule has 2 saturated heterocycles. The lowest BCUT2D eigenvalue weighted by atomic mass is 9.98. The number of rotatable bonds is 7. The van der Waals surface area contributed by atoms with Crippen molar-refractivity contribution in [2.75, 3.05) is 31.7 Å². The second-order valence-electron chi connectivity index (χ2n) is 8.84. The molecule has 2 fully saturated rings. The number of halogens is 1. The molecule has 0 radical (unpaired) electrons. The van der Waals surface area contributed by atoms with Gasteiger partial charge < -0.3 is 15.2 Å². The van der Waals surface area contributed by atoms with Gasteiger partial charge >= 0.3 is 7.75 Å². The monoisotopic (exact) mass is 522 g/mol. The molecule has 0 unspecified atom stereocenters. The molecule has 2 aliphatic heterocycles. The van der Waals surface area contributed by atoms with E-state index in [1.54, 1.807) is 21.6 Å². The van der Waals surface area contributed by atoms with E-state index in [2.05, 4.69) is 40.8 Å². The highest BCUT2D eigenvalue weighted by atomic mass is 33.1. The fourth-order valence-electron chi connectivity index (χ4n) is 3.61. The lowest BCUT2D eigenvalue weighted by molar-refractivity contribution is -0.0607. The second-order valence-corrected chi connectivity index (χ2v) is 13.9. The van der Waals surface area contributed by atoms with Gasteiger partial charge in [-0.25, -0.2) is 19.0 Å². The molecular formula is C18H28FN6O5PS2. The van der Waals surface area contributed by atoms with Gasteiger partial charge in [0.15, 0.2) is 23.1 Å². The maximum atomic E-state index is 16.1. The van der Waals surface area contributed by atoms with Crippen LogP contribution in [0.2, 0.25) is 0 Å². The van der Waals surface area contributed by atoms with Gasteiger partial charge in [-0.15, -0.1) is 0 Å². The third-order valence-electron chi connectivity index (χ3n) is 4.99. The molecule has 2 aromatic rings. The molecule has 33 heavy (non-hydrogen) atoms. The molecule has 0 aliphatic carbocycles. The molecule has 4 heterocycles. The summed E-state index contributed by atoms with van der Waals surface area (Å²) in [5, 5.41) is 2.82. The molecule has 0 bridgehead atoms.